The molecule has 8 heteroatoms. The molecular formula is C28H25N7O. The molecule has 0 saturated carbocycles. The normalized spacial score (nSPS) is 14.2. The van der Waals surface area contributed by atoms with Crippen molar-refractivity contribution >= 4 is 23.2 Å². The predicted octanol–water partition coefficient (Wildman–Crippen LogP) is 5.65. The van der Waals surface area contributed by atoms with E-state index in [4.69, 9.17) is 12.3 Å². The van der Waals surface area contributed by atoms with Crippen LogP contribution < -0.4 is 10.6 Å². The first kappa shape index (κ1) is 14.5. The van der Waals surface area contributed by atoms with Crippen molar-refractivity contribution in [1.82, 2.24) is 24.5 Å². The van der Waals surface area contributed by atoms with Gasteiger partial charge in [-0.3, -0.25) is 9.78 Å². The summed E-state index contributed by atoms with van der Waals surface area (Å²) in [6, 6.07) is 4.22. The van der Waals surface area contributed by atoms with Crippen LogP contribution in [0.3, 0.4) is 0 Å². The Bertz CT molecular complexity index is 2030. The summed E-state index contributed by atoms with van der Waals surface area (Å²) in [6.07, 6.45) is 0.252. The third-order valence-electron chi connectivity index (χ3n) is 5.01. The van der Waals surface area contributed by atoms with E-state index in [0.717, 1.165) is 0 Å². The summed E-state index contributed by atoms with van der Waals surface area (Å²) in [6.45, 7) is 4.88. The number of nitrogens with one attached hydrogen (secondary N) is 2. The fourth-order valence-electron chi connectivity index (χ4n) is 3.35. The first-order valence-electron chi connectivity index (χ1n) is 15.3. The van der Waals surface area contributed by atoms with Crippen LogP contribution >= 0.6 is 0 Å². The molecule has 5 aromatic rings. The van der Waals surface area contributed by atoms with E-state index in [2.05, 4.69) is 30.6 Å². The van der Waals surface area contributed by atoms with Crippen LogP contribution in [0.15, 0.2) is 85.5 Å². The van der Waals surface area contributed by atoms with Crippen molar-refractivity contribution in [3.8, 4) is 16.9 Å². The Labute approximate surface area is 221 Å². The first-order valence-corrected chi connectivity index (χ1v) is 10.8. The van der Waals surface area contributed by atoms with Crippen molar-refractivity contribution in [3.63, 3.8) is 0 Å². The third-order valence-corrected chi connectivity index (χ3v) is 5.01. The highest BCUT2D eigenvalue weighted by Gasteiger charge is 2.12. The number of nitrogens with zero attached hydrogens (tertiary/aromatic N) is 5. The van der Waals surface area contributed by atoms with Crippen LogP contribution in [0, 0.1) is 20.8 Å². The molecule has 0 aliphatic heterocycles. The van der Waals surface area contributed by atoms with Crippen LogP contribution in [-0.4, -0.2) is 30.4 Å². The number of amides is 1. The standard InChI is InChI=1S/C28H25N7O/c1-18-11-23(14-24(12-18)35-16-20(3)31-17-35)32-27(36)21-7-6-19(2)26(13-21)34-28-30-10-8-25(33-28)22-5-4-9-29-15-22/h4-17H,1-3H3,(H,32,36)(H,30,33,34)/i4D,5D,6D,7D,9D,13D,15D,16D,17D. The molecule has 178 valence electrons. The Kier molecular flexibility index (Phi) is 3.95. The molecule has 0 atom stereocenters. The van der Waals surface area contributed by atoms with E-state index in [1.807, 2.05) is 0 Å². The lowest BCUT2D eigenvalue weighted by Crippen LogP contribution is -2.13. The number of pyridine rings is 1. The van der Waals surface area contributed by atoms with Gasteiger partial charge >= 0.3 is 0 Å². The van der Waals surface area contributed by atoms with Gasteiger partial charge in [-0.15, -0.1) is 0 Å². The van der Waals surface area contributed by atoms with E-state index < -0.39 is 48.0 Å². The summed E-state index contributed by atoms with van der Waals surface area (Å²) >= 11 is 0. The van der Waals surface area contributed by atoms with E-state index in [1.165, 1.54) is 29.8 Å². The predicted molar refractivity (Wildman–Crippen MR) is 141 cm³/mol. The van der Waals surface area contributed by atoms with E-state index >= 15 is 0 Å². The number of hydrogen-bond donors (Lipinski definition) is 2. The molecule has 1 amide bonds. The van der Waals surface area contributed by atoms with E-state index in [1.54, 1.807) is 26.0 Å². The van der Waals surface area contributed by atoms with Crippen molar-refractivity contribution in [2.45, 2.75) is 20.8 Å². The molecule has 3 aromatic heterocycles. The number of rotatable bonds is 6. The van der Waals surface area contributed by atoms with Crippen LogP contribution in [0.4, 0.5) is 17.3 Å². The number of imidazole rings is 1. The van der Waals surface area contributed by atoms with Gasteiger partial charge in [0, 0.05) is 52.9 Å². The molecular weight excluding hydrogens is 450 g/mol. The number of aryl methyl sites for hydroxylation is 2. The lowest BCUT2D eigenvalue weighted by atomic mass is 10.1. The summed E-state index contributed by atoms with van der Waals surface area (Å²) in [7, 11) is 0. The number of carbonyl (C=O) groups is 1. The lowest BCUT2D eigenvalue weighted by molar-refractivity contribution is 0.102. The molecule has 0 aliphatic carbocycles. The largest absolute Gasteiger partial charge is 0.324 e. The summed E-state index contributed by atoms with van der Waals surface area (Å²) in [4.78, 5) is 29.6. The quantitative estimate of drug-likeness (QED) is 0.323. The van der Waals surface area contributed by atoms with Crippen LogP contribution in [0.5, 0.6) is 0 Å². The molecule has 36 heavy (non-hydrogen) atoms. The monoisotopic (exact) mass is 484 g/mol. The second-order valence-electron chi connectivity index (χ2n) is 7.86. The summed E-state index contributed by atoms with van der Waals surface area (Å²) < 4.78 is 75.3. The maximum absolute atomic E-state index is 13.5. The second-order valence-corrected chi connectivity index (χ2v) is 7.86. The number of hydrogen-bond acceptors (Lipinski definition) is 6. The molecule has 0 radical (unpaired) electrons. The zero-order chi connectivity index (χ0) is 32.9. The molecule has 0 saturated heterocycles. The average Bonchev–Trinajstić information content (AvgIpc) is 3.23. The average molecular weight is 485 g/mol. The summed E-state index contributed by atoms with van der Waals surface area (Å²) in [5.74, 6) is -0.946. The fraction of sp³-hybridized carbons (Fsp3) is 0.107. The zero-order valence-corrected chi connectivity index (χ0v) is 19.5. The van der Waals surface area contributed by atoms with E-state index in [-0.39, 0.29) is 52.7 Å². The van der Waals surface area contributed by atoms with Crippen molar-refractivity contribution in [3.05, 3.63) is 108 Å². The molecule has 0 unspecified atom stereocenters. The number of benzene rings is 2. The van der Waals surface area contributed by atoms with Crippen molar-refractivity contribution in [1.29, 1.82) is 0 Å². The van der Waals surface area contributed by atoms with Gasteiger partial charge in [0.15, 0.2) is 0 Å². The number of anilines is 3. The topological polar surface area (TPSA) is 97.6 Å². The zero-order valence-electron chi connectivity index (χ0n) is 28.5. The molecule has 8 nitrogen and oxygen atoms in total. The minimum atomic E-state index is -0.839. The van der Waals surface area contributed by atoms with Gasteiger partial charge in [-0.2, -0.15) is 0 Å². The summed E-state index contributed by atoms with van der Waals surface area (Å²) in [5.41, 5.74) is 1.48. The lowest BCUT2D eigenvalue weighted by Gasteiger charge is -2.13. The van der Waals surface area contributed by atoms with Gasteiger partial charge in [0.05, 0.1) is 28.7 Å². The van der Waals surface area contributed by atoms with Gasteiger partial charge in [-0.1, -0.05) is 6.04 Å². The highest BCUT2D eigenvalue weighted by Crippen LogP contribution is 2.24. The van der Waals surface area contributed by atoms with E-state index in [0.29, 0.717) is 16.9 Å². The maximum atomic E-state index is 13.5. The second kappa shape index (κ2) is 9.79. The molecule has 0 fully saturated rings. The Hall–Kier alpha value is -4.85. The third kappa shape index (κ3) is 5.12. The van der Waals surface area contributed by atoms with Gasteiger partial charge in [0.25, 0.3) is 5.91 Å². The number of aromatic nitrogens is 5. The van der Waals surface area contributed by atoms with Gasteiger partial charge in [-0.05, 0) is 80.3 Å². The molecule has 5 rings (SSSR count). The van der Waals surface area contributed by atoms with Crippen LogP contribution in [0.25, 0.3) is 16.9 Å². The SMILES string of the molecule is [2H]c1nc([2H])c(-c2ccnc(Nc3c([2H])c(C(=O)Nc4cc(C)cc(-n5c([2H])nc(C)c5[2H])c4)c([2H])c([2H])c3C)n2)c([2H])c1[2H]. The van der Waals surface area contributed by atoms with Gasteiger partial charge in [-0.25, -0.2) is 15.0 Å². The van der Waals surface area contributed by atoms with Gasteiger partial charge in [0.2, 0.25) is 5.95 Å². The Balaban J connectivity index is 1.52. The van der Waals surface area contributed by atoms with E-state index in [9.17, 15) is 4.79 Å². The van der Waals surface area contributed by atoms with Crippen LogP contribution in [-0.2, 0) is 0 Å². The number of carbonyl (C=O) groups excluding carboxylic acids is 1. The fourth-order valence-corrected chi connectivity index (χ4v) is 3.35. The molecule has 3 heterocycles. The Morgan fingerprint density at radius 3 is 2.81 bits per heavy atom. The van der Waals surface area contributed by atoms with Crippen molar-refractivity contribution < 1.29 is 17.1 Å². The molecule has 0 bridgehead atoms. The minimum Gasteiger partial charge on any atom is -0.324 e. The highest BCUT2D eigenvalue weighted by molar-refractivity contribution is 6.05. The summed E-state index contributed by atoms with van der Waals surface area (Å²) in [5, 5.41) is 5.49. The minimum absolute atomic E-state index is 0.0202. The van der Waals surface area contributed by atoms with Crippen LogP contribution in [0.1, 0.15) is 39.5 Å². The molecule has 0 aliphatic rings. The molecule has 0 spiro atoms. The van der Waals surface area contributed by atoms with Crippen molar-refractivity contribution in [2.75, 3.05) is 10.6 Å². The molecule has 2 N–H and O–H groups in total. The smallest absolute Gasteiger partial charge is 0.255 e. The van der Waals surface area contributed by atoms with Gasteiger partial charge < -0.3 is 15.2 Å². The first-order chi connectivity index (χ1) is 21.2. The van der Waals surface area contributed by atoms with Crippen LogP contribution in [0.2, 0.25) is 0 Å². The highest BCUT2D eigenvalue weighted by atomic mass is 16.1. The van der Waals surface area contributed by atoms with Gasteiger partial charge in [0.1, 0.15) is 1.37 Å². The Morgan fingerprint density at radius 1 is 1.08 bits per heavy atom. The maximum Gasteiger partial charge on any atom is 0.255 e. The molecule has 2 aromatic carbocycles. The van der Waals surface area contributed by atoms with Crippen molar-refractivity contribution in [2.24, 2.45) is 0 Å². The Morgan fingerprint density at radius 2 is 1.97 bits per heavy atom.